The molecule has 0 aromatic carbocycles. The van der Waals surface area contributed by atoms with Gasteiger partial charge in [0, 0.05) is 13.0 Å². The first kappa shape index (κ1) is 14.2. The standard InChI is InChI=1S/C13H25NO/c1-3-5-7-8-9-11-13(15)14-12-10-6-4-2/h6,10H,3-5,7-9,11-12H2,1-2H3,(H,14,15)/b10-6+. The van der Waals surface area contributed by atoms with E-state index in [2.05, 4.69) is 25.2 Å². The summed E-state index contributed by atoms with van der Waals surface area (Å²) in [4.78, 5) is 11.3. The topological polar surface area (TPSA) is 29.1 Å². The number of hydrogen-bond acceptors (Lipinski definition) is 1. The second-order valence-corrected chi connectivity index (χ2v) is 3.85. The molecule has 2 heteroatoms. The smallest absolute Gasteiger partial charge is 0.220 e. The lowest BCUT2D eigenvalue weighted by atomic mass is 10.1. The van der Waals surface area contributed by atoms with Crippen molar-refractivity contribution in [2.75, 3.05) is 6.54 Å². The highest BCUT2D eigenvalue weighted by Crippen LogP contribution is 2.04. The van der Waals surface area contributed by atoms with Crippen molar-refractivity contribution in [1.82, 2.24) is 5.32 Å². The molecule has 0 bridgehead atoms. The average Bonchev–Trinajstić information content (AvgIpc) is 2.24. The van der Waals surface area contributed by atoms with Crippen LogP contribution in [-0.2, 0) is 4.79 Å². The summed E-state index contributed by atoms with van der Waals surface area (Å²) in [6.07, 6.45) is 11.8. The van der Waals surface area contributed by atoms with Crippen LogP contribution in [0.5, 0.6) is 0 Å². The van der Waals surface area contributed by atoms with Gasteiger partial charge in [0.25, 0.3) is 0 Å². The molecule has 1 amide bonds. The normalized spacial score (nSPS) is 10.8. The molecule has 0 rings (SSSR count). The molecule has 15 heavy (non-hydrogen) atoms. The first-order valence-corrected chi connectivity index (χ1v) is 6.23. The summed E-state index contributed by atoms with van der Waals surface area (Å²) < 4.78 is 0. The van der Waals surface area contributed by atoms with E-state index in [1.165, 1.54) is 25.7 Å². The van der Waals surface area contributed by atoms with Gasteiger partial charge in [-0.1, -0.05) is 51.7 Å². The third-order valence-corrected chi connectivity index (χ3v) is 2.33. The second kappa shape index (κ2) is 11.3. The van der Waals surface area contributed by atoms with Gasteiger partial charge in [0.15, 0.2) is 0 Å². The predicted molar refractivity (Wildman–Crippen MR) is 65.8 cm³/mol. The van der Waals surface area contributed by atoms with Crippen molar-refractivity contribution in [2.45, 2.75) is 58.8 Å². The van der Waals surface area contributed by atoms with Crippen molar-refractivity contribution in [1.29, 1.82) is 0 Å². The van der Waals surface area contributed by atoms with Crippen LogP contribution in [0.25, 0.3) is 0 Å². The summed E-state index contributed by atoms with van der Waals surface area (Å²) >= 11 is 0. The van der Waals surface area contributed by atoms with E-state index in [1.807, 2.05) is 6.08 Å². The molecule has 0 fully saturated rings. The van der Waals surface area contributed by atoms with Gasteiger partial charge in [-0.15, -0.1) is 0 Å². The number of rotatable bonds is 9. The molecule has 1 N–H and O–H groups in total. The number of allylic oxidation sites excluding steroid dienone is 1. The largest absolute Gasteiger partial charge is 0.353 e. The number of hydrogen-bond donors (Lipinski definition) is 1. The Kier molecular flexibility index (Phi) is 10.7. The van der Waals surface area contributed by atoms with E-state index >= 15 is 0 Å². The van der Waals surface area contributed by atoms with E-state index in [1.54, 1.807) is 0 Å². The molecule has 0 aromatic rings. The molecule has 88 valence electrons. The maximum absolute atomic E-state index is 11.3. The van der Waals surface area contributed by atoms with E-state index in [0.29, 0.717) is 13.0 Å². The predicted octanol–water partition coefficient (Wildman–Crippen LogP) is 3.43. The molecule has 0 aromatic heterocycles. The lowest BCUT2D eigenvalue weighted by Crippen LogP contribution is -2.22. The fourth-order valence-corrected chi connectivity index (χ4v) is 1.40. The zero-order valence-electron chi connectivity index (χ0n) is 10.2. The Labute approximate surface area is 94.1 Å². The molecular formula is C13H25NO. The van der Waals surface area contributed by atoms with Crippen LogP contribution in [0.4, 0.5) is 0 Å². The summed E-state index contributed by atoms with van der Waals surface area (Å²) in [6, 6.07) is 0. The van der Waals surface area contributed by atoms with Crippen molar-refractivity contribution in [3.63, 3.8) is 0 Å². The molecule has 0 spiro atoms. The summed E-state index contributed by atoms with van der Waals surface area (Å²) in [6.45, 7) is 4.97. The van der Waals surface area contributed by atoms with Gasteiger partial charge in [-0.05, 0) is 12.8 Å². The Morgan fingerprint density at radius 3 is 2.47 bits per heavy atom. The monoisotopic (exact) mass is 211 g/mol. The van der Waals surface area contributed by atoms with Crippen molar-refractivity contribution >= 4 is 5.91 Å². The number of carbonyl (C=O) groups excluding carboxylic acids is 1. The minimum atomic E-state index is 0.187. The molecule has 0 aliphatic heterocycles. The molecule has 0 saturated carbocycles. The quantitative estimate of drug-likeness (QED) is 0.459. The Bertz CT molecular complexity index is 175. The zero-order valence-corrected chi connectivity index (χ0v) is 10.2. The van der Waals surface area contributed by atoms with E-state index < -0.39 is 0 Å². The van der Waals surface area contributed by atoms with Gasteiger partial charge in [0.2, 0.25) is 5.91 Å². The molecule has 0 aliphatic carbocycles. The minimum Gasteiger partial charge on any atom is -0.353 e. The molecule has 0 atom stereocenters. The van der Waals surface area contributed by atoms with Gasteiger partial charge in [-0.25, -0.2) is 0 Å². The zero-order chi connectivity index (χ0) is 11.4. The first-order valence-electron chi connectivity index (χ1n) is 6.23. The lowest BCUT2D eigenvalue weighted by molar-refractivity contribution is -0.121. The Balaban J connectivity index is 3.22. The summed E-state index contributed by atoms with van der Waals surface area (Å²) in [5.74, 6) is 0.187. The van der Waals surface area contributed by atoms with Crippen LogP contribution in [-0.4, -0.2) is 12.5 Å². The van der Waals surface area contributed by atoms with Crippen LogP contribution < -0.4 is 5.32 Å². The van der Waals surface area contributed by atoms with Crippen molar-refractivity contribution in [3.05, 3.63) is 12.2 Å². The Morgan fingerprint density at radius 2 is 1.80 bits per heavy atom. The molecule has 0 radical (unpaired) electrons. The third-order valence-electron chi connectivity index (χ3n) is 2.33. The minimum absolute atomic E-state index is 0.187. The van der Waals surface area contributed by atoms with Crippen molar-refractivity contribution in [3.8, 4) is 0 Å². The maximum Gasteiger partial charge on any atom is 0.220 e. The SMILES string of the molecule is CC/C=C/CNC(=O)CCCCCCC. The summed E-state index contributed by atoms with van der Waals surface area (Å²) in [7, 11) is 0. The van der Waals surface area contributed by atoms with Gasteiger partial charge in [-0.2, -0.15) is 0 Å². The van der Waals surface area contributed by atoms with Gasteiger partial charge >= 0.3 is 0 Å². The number of amides is 1. The van der Waals surface area contributed by atoms with E-state index in [-0.39, 0.29) is 5.91 Å². The van der Waals surface area contributed by atoms with Gasteiger partial charge < -0.3 is 5.32 Å². The fourth-order valence-electron chi connectivity index (χ4n) is 1.40. The van der Waals surface area contributed by atoms with Crippen LogP contribution >= 0.6 is 0 Å². The maximum atomic E-state index is 11.3. The third kappa shape index (κ3) is 11.1. The van der Waals surface area contributed by atoms with Crippen LogP contribution in [0.1, 0.15) is 58.8 Å². The summed E-state index contributed by atoms with van der Waals surface area (Å²) in [5.41, 5.74) is 0. The molecular weight excluding hydrogens is 186 g/mol. The van der Waals surface area contributed by atoms with Crippen LogP contribution in [0.2, 0.25) is 0 Å². The first-order chi connectivity index (χ1) is 7.31. The molecule has 2 nitrogen and oxygen atoms in total. The summed E-state index contributed by atoms with van der Waals surface area (Å²) in [5, 5.41) is 2.88. The van der Waals surface area contributed by atoms with Gasteiger partial charge in [0.05, 0.1) is 0 Å². The highest BCUT2D eigenvalue weighted by Gasteiger charge is 1.98. The van der Waals surface area contributed by atoms with Crippen LogP contribution in [0, 0.1) is 0 Å². The average molecular weight is 211 g/mol. The highest BCUT2D eigenvalue weighted by atomic mass is 16.1. The van der Waals surface area contributed by atoms with E-state index in [4.69, 9.17) is 0 Å². The Hall–Kier alpha value is -0.790. The lowest BCUT2D eigenvalue weighted by Gasteiger charge is -2.02. The number of unbranched alkanes of at least 4 members (excludes halogenated alkanes) is 4. The number of nitrogens with one attached hydrogen (secondary N) is 1. The second-order valence-electron chi connectivity index (χ2n) is 3.85. The molecule has 0 saturated heterocycles. The van der Waals surface area contributed by atoms with E-state index in [9.17, 15) is 4.79 Å². The van der Waals surface area contributed by atoms with Crippen molar-refractivity contribution in [2.24, 2.45) is 0 Å². The highest BCUT2D eigenvalue weighted by molar-refractivity contribution is 5.75. The molecule has 0 aliphatic rings. The van der Waals surface area contributed by atoms with E-state index in [0.717, 1.165) is 12.8 Å². The van der Waals surface area contributed by atoms with Crippen molar-refractivity contribution < 1.29 is 4.79 Å². The number of carbonyl (C=O) groups is 1. The van der Waals surface area contributed by atoms with Gasteiger partial charge in [0.1, 0.15) is 0 Å². The fraction of sp³-hybridized carbons (Fsp3) is 0.769. The van der Waals surface area contributed by atoms with Crippen LogP contribution in [0.3, 0.4) is 0 Å². The molecule has 0 heterocycles. The Morgan fingerprint density at radius 1 is 1.07 bits per heavy atom. The molecule has 0 unspecified atom stereocenters. The van der Waals surface area contributed by atoms with Gasteiger partial charge in [-0.3, -0.25) is 4.79 Å². The van der Waals surface area contributed by atoms with Crippen LogP contribution in [0.15, 0.2) is 12.2 Å².